The topological polar surface area (TPSA) is 35.2 Å². The number of rotatable bonds is 2. The quantitative estimate of drug-likeness (QED) is 0.375. The fraction of sp³-hybridized carbons (Fsp3) is 0. The van der Waals surface area contributed by atoms with E-state index in [1.54, 1.807) is 6.20 Å². The van der Waals surface area contributed by atoms with E-state index in [9.17, 15) is 0 Å². The smallest absolute Gasteiger partial charge is 0.817 e. The molecule has 2 nitrogen and oxygen atoms in total. The molecule has 2 aromatic carbocycles. The summed E-state index contributed by atoms with van der Waals surface area (Å²) in [6.45, 7) is 9.25. The van der Waals surface area contributed by atoms with E-state index in [1.165, 1.54) is 11.1 Å². The van der Waals surface area contributed by atoms with Crippen LogP contribution < -0.4 is 0 Å². The Bertz CT molecular complexity index is 592. The first-order valence-corrected chi connectivity index (χ1v) is 6.64. The Morgan fingerprint density at radius 2 is 1.48 bits per heavy atom. The Balaban J connectivity index is 0.000000901. The van der Waals surface area contributed by atoms with E-state index in [-0.39, 0.29) is 20.1 Å². The maximum absolute atomic E-state index is 6.75. The van der Waals surface area contributed by atoms with Crippen LogP contribution in [0.5, 0.6) is 0 Å². The molecular formula is C20H17IrN2. The van der Waals surface area contributed by atoms with Crippen LogP contribution in [0.15, 0.2) is 79.5 Å². The summed E-state index contributed by atoms with van der Waals surface area (Å²) in [5.74, 6) is 0. The van der Waals surface area contributed by atoms with E-state index in [0.29, 0.717) is 0 Å². The van der Waals surface area contributed by atoms with Gasteiger partial charge in [-0.1, -0.05) is 53.6 Å². The standard InChI is InChI=1S/C17H12N.C2H3.CH2N.Ir/c1-2-6-14(7-3-1)15-9-11-16(12-10-15)17-8-4-5-13-18-17;2*1-2;/h1-11,13H;1H,2H2;1H2;/q3*-1;+3. The van der Waals surface area contributed by atoms with Crippen LogP contribution in [0.25, 0.3) is 27.8 Å². The van der Waals surface area contributed by atoms with Crippen LogP contribution >= 0.6 is 0 Å². The number of aromatic nitrogens is 1. The minimum atomic E-state index is 0. The summed E-state index contributed by atoms with van der Waals surface area (Å²) >= 11 is 0. The predicted molar refractivity (Wildman–Crippen MR) is 94.4 cm³/mol. The normalized spacial score (nSPS) is 8.35. The van der Waals surface area contributed by atoms with E-state index < -0.39 is 0 Å². The van der Waals surface area contributed by atoms with Crippen LogP contribution in [0, 0.1) is 12.6 Å². The molecule has 0 unspecified atom stereocenters. The van der Waals surface area contributed by atoms with Crippen molar-refractivity contribution in [3.05, 3.63) is 97.6 Å². The Kier molecular flexibility index (Phi) is 11.0. The summed E-state index contributed by atoms with van der Waals surface area (Å²) in [6, 6.07) is 25.7. The summed E-state index contributed by atoms with van der Waals surface area (Å²) < 4.78 is 0. The number of hydrogen-bond donors (Lipinski definition) is 0. The van der Waals surface area contributed by atoms with E-state index in [1.807, 2.05) is 42.5 Å². The Morgan fingerprint density at radius 1 is 0.826 bits per heavy atom. The van der Waals surface area contributed by atoms with Crippen molar-refractivity contribution in [3.8, 4) is 22.4 Å². The molecule has 0 saturated carbocycles. The third-order valence-corrected chi connectivity index (χ3v) is 2.86. The molecule has 0 amide bonds. The maximum atomic E-state index is 6.75. The zero-order valence-electron chi connectivity index (χ0n) is 12.6. The van der Waals surface area contributed by atoms with Crippen LogP contribution in [0.3, 0.4) is 0 Å². The molecule has 0 radical (unpaired) electrons. The van der Waals surface area contributed by atoms with Gasteiger partial charge in [0, 0.05) is 6.20 Å². The van der Waals surface area contributed by atoms with Crippen molar-refractivity contribution in [2.24, 2.45) is 0 Å². The second-order valence-corrected chi connectivity index (χ2v) is 4.07. The second-order valence-electron chi connectivity index (χ2n) is 4.07. The predicted octanol–water partition coefficient (Wildman–Crippen LogP) is 5.08. The molecule has 0 aliphatic rings. The molecule has 1 heterocycles. The van der Waals surface area contributed by atoms with Gasteiger partial charge in [0.15, 0.2) is 0 Å². The Morgan fingerprint density at radius 3 is 2.00 bits per heavy atom. The zero-order valence-corrected chi connectivity index (χ0v) is 15.0. The molecule has 0 aliphatic heterocycles. The fourth-order valence-electron chi connectivity index (χ4n) is 1.92. The van der Waals surface area contributed by atoms with Gasteiger partial charge in [0.25, 0.3) is 0 Å². The second kappa shape index (κ2) is 12.2. The molecule has 116 valence electrons. The molecule has 1 aromatic heterocycles. The van der Waals surface area contributed by atoms with Gasteiger partial charge in [0.1, 0.15) is 0 Å². The molecule has 0 bridgehead atoms. The largest absolute Gasteiger partial charge is 3.00 e. The third kappa shape index (κ3) is 6.11. The van der Waals surface area contributed by atoms with Crippen LogP contribution in [0.2, 0.25) is 0 Å². The van der Waals surface area contributed by atoms with Gasteiger partial charge in [0.2, 0.25) is 0 Å². The van der Waals surface area contributed by atoms with Gasteiger partial charge in [-0.15, -0.1) is 29.8 Å². The van der Waals surface area contributed by atoms with E-state index in [0.717, 1.165) is 11.3 Å². The van der Waals surface area contributed by atoms with Crippen molar-refractivity contribution < 1.29 is 20.1 Å². The molecular weight excluding hydrogens is 460 g/mol. The molecule has 0 N–H and O–H groups in total. The van der Waals surface area contributed by atoms with Crippen molar-refractivity contribution >= 4 is 6.72 Å². The van der Waals surface area contributed by atoms with Crippen molar-refractivity contribution in [2.75, 3.05) is 0 Å². The van der Waals surface area contributed by atoms with Crippen molar-refractivity contribution in [1.82, 2.24) is 4.98 Å². The van der Waals surface area contributed by atoms with Gasteiger partial charge >= 0.3 is 20.1 Å². The maximum Gasteiger partial charge on any atom is 3.00 e. The first-order chi connectivity index (χ1) is 10.9. The van der Waals surface area contributed by atoms with Crippen LogP contribution in [0.1, 0.15) is 0 Å². The number of pyridine rings is 1. The average molecular weight is 478 g/mol. The van der Waals surface area contributed by atoms with Crippen LogP contribution in [0.4, 0.5) is 0 Å². The number of benzene rings is 2. The van der Waals surface area contributed by atoms with E-state index in [4.69, 9.17) is 5.41 Å². The van der Waals surface area contributed by atoms with Crippen molar-refractivity contribution in [2.45, 2.75) is 0 Å². The van der Waals surface area contributed by atoms with Crippen LogP contribution in [-0.2, 0) is 20.1 Å². The molecule has 0 fully saturated rings. The van der Waals surface area contributed by atoms with Gasteiger partial charge in [-0.2, -0.15) is 0 Å². The third-order valence-electron chi connectivity index (χ3n) is 2.86. The first-order valence-electron chi connectivity index (χ1n) is 6.64. The van der Waals surface area contributed by atoms with Crippen molar-refractivity contribution in [3.63, 3.8) is 0 Å². The SMILES string of the molecule is C=[N-].[CH-]=C.[Ir+3].[c-]1cc(-c2ccccc2)ccc1-c1ccccn1. The Hall–Kier alpha value is -2.35. The average Bonchev–Trinajstić information content (AvgIpc) is 2.67. The summed E-state index contributed by atoms with van der Waals surface area (Å²) in [7, 11) is 0. The number of hydrogen-bond acceptors (Lipinski definition) is 1. The molecule has 23 heavy (non-hydrogen) atoms. The van der Waals surface area contributed by atoms with E-state index >= 15 is 0 Å². The molecule has 0 spiro atoms. The van der Waals surface area contributed by atoms with Gasteiger partial charge in [-0.3, -0.25) is 6.58 Å². The fourth-order valence-corrected chi connectivity index (χ4v) is 1.92. The summed E-state index contributed by atoms with van der Waals surface area (Å²) in [5.41, 5.74) is 4.36. The first kappa shape index (κ1) is 20.6. The van der Waals surface area contributed by atoms with Gasteiger partial charge < -0.3 is 17.0 Å². The van der Waals surface area contributed by atoms with Crippen molar-refractivity contribution in [1.29, 1.82) is 0 Å². The molecule has 3 aromatic rings. The van der Waals surface area contributed by atoms with Crippen LogP contribution in [-0.4, -0.2) is 11.7 Å². The molecule has 3 rings (SSSR count). The Labute approximate surface area is 151 Å². The van der Waals surface area contributed by atoms with Gasteiger partial charge in [-0.25, -0.2) is 6.72 Å². The molecule has 0 saturated heterocycles. The molecule has 0 aliphatic carbocycles. The summed E-state index contributed by atoms with van der Waals surface area (Å²) in [5, 5.41) is 6.75. The van der Waals surface area contributed by atoms with Gasteiger partial charge in [0.05, 0.1) is 0 Å². The molecule has 3 heteroatoms. The molecule has 0 atom stereocenters. The zero-order chi connectivity index (χ0) is 16.2. The van der Waals surface area contributed by atoms with Gasteiger partial charge in [-0.05, 0) is 11.8 Å². The summed E-state index contributed by atoms with van der Waals surface area (Å²) in [4.78, 5) is 4.32. The summed E-state index contributed by atoms with van der Waals surface area (Å²) in [6.07, 6.45) is 1.80. The van der Waals surface area contributed by atoms with E-state index in [2.05, 4.69) is 55.2 Å². The minimum absolute atomic E-state index is 0. The number of nitrogens with zero attached hydrogens (tertiary/aromatic N) is 2. The monoisotopic (exact) mass is 478 g/mol. The minimum Gasteiger partial charge on any atom is -0.817 e.